The monoisotopic (exact) mass is 410 g/mol. The van der Waals surface area contributed by atoms with E-state index in [1.165, 1.54) is 0 Å². The van der Waals surface area contributed by atoms with E-state index >= 15 is 0 Å². The zero-order valence-corrected chi connectivity index (χ0v) is 17.8. The lowest BCUT2D eigenvalue weighted by atomic mass is 10.0. The van der Waals surface area contributed by atoms with Crippen LogP contribution in [0.25, 0.3) is 11.1 Å². The average molecular weight is 411 g/mol. The van der Waals surface area contributed by atoms with E-state index in [9.17, 15) is 9.59 Å². The Labute approximate surface area is 177 Å². The summed E-state index contributed by atoms with van der Waals surface area (Å²) in [5, 5.41) is 6.37. The van der Waals surface area contributed by atoms with Crippen molar-refractivity contribution >= 4 is 17.4 Å². The number of nitrogens with zero attached hydrogens (tertiary/aromatic N) is 3. The number of carbonyl (C=O) groups excluding carboxylic acids is 1. The van der Waals surface area contributed by atoms with Crippen molar-refractivity contribution in [3.63, 3.8) is 0 Å². The highest BCUT2D eigenvalue weighted by Crippen LogP contribution is 2.22. The van der Waals surface area contributed by atoms with Crippen molar-refractivity contribution in [2.45, 2.75) is 18.9 Å². The van der Waals surface area contributed by atoms with Crippen molar-refractivity contribution in [1.29, 1.82) is 0 Å². The van der Waals surface area contributed by atoms with Gasteiger partial charge in [-0.2, -0.15) is 0 Å². The van der Waals surface area contributed by atoms with Crippen LogP contribution in [0.1, 0.15) is 12.8 Å². The van der Waals surface area contributed by atoms with E-state index in [-0.39, 0.29) is 17.5 Å². The molecule has 1 fully saturated rings. The first-order valence-corrected chi connectivity index (χ1v) is 10.2. The standard InChI is InChI=1S/C22H30N6O2/c1-23-20-13-16(8-9-24-20)17-12-19(22(30)25-14-17)26-18-6-4-11-28(15-18)21(29)7-5-10-27(2)3/h5,7-9,12-14,18,26H,4,6,10-11,15H2,1-3H3,(H,23,24)(H,25,30)/b7-5+/t18-/m1/s1. The zero-order valence-electron chi connectivity index (χ0n) is 17.8. The Morgan fingerprint density at radius 3 is 2.97 bits per heavy atom. The molecule has 0 spiro atoms. The third-order valence-corrected chi connectivity index (χ3v) is 5.08. The number of likely N-dealkylation sites (N-methyl/N-ethyl adjacent to an activating group) is 1. The SMILES string of the molecule is CNc1cc(-c2c[nH]c(=O)c(N[C@@H]3CCCN(C(=O)/C=C/CN(C)C)C3)c2)ccn1. The maximum absolute atomic E-state index is 12.5. The first kappa shape index (κ1) is 21.6. The van der Waals surface area contributed by atoms with Gasteiger partial charge in [-0.25, -0.2) is 4.98 Å². The molecule has 0 aromatic carbocycles. The van der Waals surface area contributed by atoms with Crippen LogP contribution in [0.4, 0.5) is 11.5 Å². The second-order valence-electron chi connectivity index (χ2n) is 7.74. The van der Waals surface area contributed by atoms with Gasteiger partial charge in [-0.1, -0.05) is 6.08 Å². The Bertz CT molecular complexity index is 953. The molecule has 1 aliphatic rings. The van der Waals surface area contributed by atoms with E-state index < -0.39 is 0 Å². The lowest BCUT2D eigenvalue weighted by Gasteiger charge is -2.33. The minimum absolute atomic E-state index is 0.0161. The summed E-state index contributed by atoms with van der Waals surface area (Å²) in [6, 6.07) is 5.72. The minimum atomic E-state index is -0.170. The number of pyridine rings is 2. The van der Waals surface area contributed by atoms with E-state index in [0.717, 1.165) is 42.9 Å². The van der Waals surface area contributed by atoms with Gasteiger partial charge in [0.15, 0.2) is 0 Å². The lowest BCUT2D eigenvalue weighted by molar-refractivity contribution is -0.127. The van der Waals surface area contributed by atoms with Gasteiger partial charge < -0.3 is 25.4 Å². The number of anilines is 2. The van der Waals surface area contributed by atoms with Crippen LogP contribution < -0.4 is 16.2 Å². The normalized spacial score (nSPS) is 16.8. The number of likely N-dealkylation sites (tertiary alicyclic amines) is 1. The van der Waals surface area contributed by atoms with Crippen LogP contribution in [0.3, 0.4) is 0 Å². The number of hydrogen-bond donors (Lipinski definition) is 3. The molecule has 3 heterocycles. The highest BCUT2D eigenvalue weighted by molar-refractivity contribution is 5.87. The van der Waals surface area contributed by atoms with Crippen molar-refractivity contribution in [3.8, 4) is 11.1 Å². The molecule has 30 heavy (non-hydrogen) atoms. The number of hydrogen-bond acceptors (Lipinski definition) is 6. The number of rotatable bonds is 7. The van der Waals surface area contributed by atoms with E-state index in [2.05, 4.69) is 20.6 Å². The second-order valence-corrected chi connectivity index (χ2v) is 7.74. The first-order valence-electron chi connectivity index (χ1n) is 10.2. The third kappa shape index (κ3) is 5.70. The Balaban J connectivity index is 1.70. The van der Waals surface area contributed by atoms with E-state index in [4.69, 9.17) is 0 Å². The zero-order chi connectivity index (χ0) is 21.5. The van der Waals surface area contributed by atoms with Crippen LogP contribution in [-0.4, -0.2) is 72.5 Å². The second kappa shape index (κ2) is 10.1. The molecule has 3 rings (SSSR count). The summed E-state index contributed by atoms with van der Waals surface area (Å²) in [6.45, 7) is 2.05. The van der Waals surface area contributed by atoms with Crippen LogP contribution in [0.15, 0.2) is 47.5 Å². The fraction of sp³-hybridized carbons (Fsp3) is 0.409. The Morgan fingerprint density at radius 1 is 1.37 bits per heavy atom. The van der Waals surface area contributed by atoms with Crippen LogP contribution in [0, 0.1) is 0 Å². The van der Waals surface area contributed by atoms with E-state index in [0.29, 0.717) is 12.2 Å². The largest absolute Gasteiger partial charge is 0.376 e. The molecular weight excluding hydrogens is 380 g/mol. The van der Waals surface area contributed by atoms with Crippen LogP contribution in [0.2, 0.25) is 0 Å². The molecule has 1 atom stereocenters. The summed E-state index contributed by atoms with van der Waals surface area (Å²) in [6.07, 6.45) is 8.76. The van der Waals surface area contributed by atoms with Gasteiger partial charge in [-0.15, -0.1) is 0 Å². The van der Waals surface area contributed by atoms with Gasteiger partial charge in [-0.05, 0) is 50.7 Å². The molecule has 8 nitrogen and oxygen atoms in total. The number of H-pyrrole nitrogens is 1. The number of amides is 1. The fourth-order valence-electron chi connectivity index (χ4n) is 3.49. The fourth-order valence-corrected chi connectivity index (χ4v) is 3.49. The molecule has 2 aromatic rings. The Morgan fingerprint density at radius 2 is 2.20 bits per heavy atom. The smallest absolute Gasteiger partial charge is 0.271 e. The molecule has 3 N–H and O–H groups in total. The molecular formula is C22H30N6O2. The average Bonchev–Trinajstić information content (AvgIpc) is 2.75. The van der Waals surface area contributed by atoms with E-state index in [1.807, 2.05) is 55.2 Å². The van der Waals surface area contributed by atoms with Gasteiger partial charge in [0.2, 0.25) is 5.91 Å². The maximum Gasteiger partial charge on any atom is 0.271 e. The van der Waals surface area contributed by atoms with Crippen molar-refractivity contribution in [1.82, 2.24) is 19.8 Å². The Kier molecular flexibility index (Phi) is 7.24. The third-order valence-electron chi connectivity index (χ3n) is 5.08. The topological polar surface area (TPSA) is 93.4 Å². The van der Waals surface area contributed by atoms with Gasteiger partial charge >= 0.3 is 0 Å². The molecule has 2 aromatic heterocycles. The first-order chi connectivity index (χ1) is 14.5. The molecule has 0 saturated carbocycles. The number of carbonyl (C=O) groups is 1. The maximum atomic E-state index is 12.5. The molecule has 8 heteroatoms. The summed E-state index contributed by atoms with van der Waals surface area (Å²) < 4.78 is 0. The molecule has 1 amide bonds. The molecule has 160 valence electrons. The number of piperidine rings is 1. The van der Waals surface area contributed by atoms with E-state index in [1.54, 1.807) is 18.5 Å². The molecule has 1 aliphatic heterocycles. The molecule has 0 radical (unpaired) electrons. The molecule has 0 unspecified atom stereocenters. The molecule has 0 aliphatic carbocycles. The van der Waals surface area contributed by atoms with Crippen molar-refractivity contribution < 1.29 is 4.79 Å². The summed E-state index contributed by atoms with van der Waals surface area (Å²) in [5.74, 6) is 0.777. The molecule has 0 bridgehead atoms. The van der Waals surface area contributed by atoms with Gasteiger partial charge in [-0.3, -0.25) is 9.59 Å². The van der Waals surface area contributed by atoms with Crippen LogP contribution in [-0.2, 0) is 4.79 Å². The van der Waals surface area contributed by atoms with Crippen LogP contribution >= 0.6 is 0 Å². The predicted octanol–water partition coefficient (Wildman–Crippen LogP) is 2.00. The quantitative estimate of drug-likeness (QED) is 0.605. The minimum Gasteiger partial charge on any atom is -0.376 e. The number of nitrogens with one attached hydrogen (secondary N) is 3. The van der Waals surface area contributed by atoms with Gasteiger partial charge in [0.05, 0.1) is 0 Å². The van der Waals surface area contributed by atoms with Gasteiger partial charge in [0.25, 0.3) is 5.56 Å². The predicted molar refractivity (Wildman–Crippen MR) is 121 cm³/mol. The number of aromatic nitrogens is 2. The highest BCUT2D eigenvalue weighted by atomic mass is 16.2. The summed E-state index contributed by atoms with van der Waals surface area (Å²) in [5.41, 5.74) is 2.19. The summed E-state index contributed by atoms with van der Waals surface area (Å²) in [7, 11) is 5.75. The lowest BCUT2D eigenvalue weighted by Crippen LogP contribution is -2.45. The molecule has 1 saturated heterocycles. The summed E-state index contributed by atoms with van der Waals surface area (Å²) >= 11 is 0. The van der Waals surface area contributed by atoms with Crippen LogP contribution in [0.5, 0.6) is 0 Å². The van der Waals surface area contributed by atoms with Crippen molar-refractivity contribution in [2.24, 2.45) is 0 Å². The Hall–Kier alpha value is -3.13. The number of aromatic amines is 1. The highest BCUT2D eigenvalue weighted by Gasteiger charge is 2.23. The van der Waals surface area contributed by atoms with Gasteiger partial charge in [0.1, 0.15) is 11.5 Å². The summed E-state index contributed by atoms with van der Waals surface area (Å²) in [4.78, 5) is 35.7. The van der Waals surface area contributed by atoms with Gasteiger partial charge in [0, 0.05) is 56.8 Å². The van der Waals surface area contributed by atoms with Crippen molar-refractivity contribution in [3.05, 3.63) is 53.1 Å². The van der Waals surface area contributed by atoms with Crippen molar-refractivity contribution in [2.75, 3.05) is 51.4 Å².